The highest BCUT2D eigenvalue weighted by molar-refractivity contribution is 7.99. The van der Waals surface area contributed by atoms with Crippen LogP contribution in [0.5, 0.6) is 0 Å². The van der Waals surface area contributed by atoms with E-state index in [0.29, 0.717) is 17.9 Å². The molecule has 6 heteroatoms. The minimum absolute atomic E-state index is 0.0676. The molecule has 28 heavy (non-hydrogen) atoms. The maximum absolute atomic E-state index is 14.1. The van der Waals surface area contributed by atoms with Gasteiger partial charge in [-0.15, -0.1) is 11.8 Å². The lowest BCUT2D eigenvalue weighted by atomic mass is 10.1. The highest BCUT2D eigenvalue weighted by atomic mass is 32.2. The minimum atomic E-state index is -0.670. The third-order valence-corrected chi connectivity index (χ3v) is 5.34. The van der Waals surface area contributed by atoms with Crippen molar-refractivity contribution in [2.75, 3.05) is 12.3 Å². The van der Waals surface area contributed by atoms with E-state index in [4.69, 9.17) is 0 Å². The zero-order valence-corrected chi connectivity index (χ0v) is 17.2. The Bertz CT molecular complexity index is 770. The first-order valence-corrected chi connectivity index (χ1v) is 10.6. The van der Waals surface area contributed by atoms with E-state index < -0.39 is 6.04 Å². The fourth-order valence-electron chi connectivity index (χ4n) is 2.70. The average molecular weight is 403 g/mol. The number of nitrogens with zero attached hydrogens (tertiary/aromatic N) is 1. The Labute approximate surface area is 170 Å². The highest BCUT2D eigenvalue weighted by Crippen LogP contribution is 2.17. The summed E-state index contributed by atoms with van der Waals surface area (Å²) in [5.41, 5.74) is 1.54. The maximum Gasteiger partial charge on any atom is 0.242 e. The Hall–Kier alpha value is -2.34. The van der Waals surface area contributed by atoms with Gasteiger partial charge in [-0.05, 0) is 25.0 Å². The van der Waals surface area contributed by atoms with E-state index in [1.807, 2.05) is 37.3 Å². The second kappa shape index (κ2) is 11.5. The summed E-state index contributed by atoms with van der Waals surface area (Å²) in [6.45, 7) is 4.27. The van der Waals surface area contributed by atoms with Crippen LogP contribution in [-0.2, 0) is 21.9 Å². The van der Waals surface area contributed by atoms with Crippen LogP contribution in [0.1, 0.15) is 31.4 Å². The molecule has 0 aromatic heterocycles. The van der Waals surface area contributed by atoms with Gasteiger partial charge in [-0.2, -0.15) is 0 Å². The van der Waals surface area contributed by atoms with E-state index in [0.717, 1.165) is 12.0 Å². The molecule has 2 amide bonds. The van der Waals surface area contributed by atoms with Gasteiger partial charge < -0.3 is 10.2 Å². The Kier molecular flexibility index (Phi) is 9.01. The molecule has 0 heterocycles. The Balaban J connectivity index is 2.06. The van der Waals surface area contributed by atoms with Gasteiger partial charge in [0.1, 0.15) is 11.9 Å². The molecule has 1 N–H and O–H groups in total. The zero-order chi connectivity index (χ0) is 20.4. The molecule has 0 saturated carbocycles. The lowest BCUT2D eigenvalue weighted by Crippen LogP contribution is -2.48. The quantitative estimate of drug-likeness (QED) is 0.653. The number of hydrogen-bond acceptors (Lipinski definition) is 3. The summed E-state index contributed by atoms with van der Waals surface area (Å²) in [7, 11) is 0. The fraction of sp³-hybridized carbons (Fsp3) is 0.364. The molecule has 2 rings (SSSR count). The van der Waals surface area contributed by atoms with Gasteiger partial charge in [0.15, 0.2) is 0 Å². The number of nitrogens with one attached hydrogen (secondary N) is 1. The van der Waals surface area contributed by atoms with E-state index >= 15 is 0 Å². The second-order valence-corrected chi connectivity index (χ2v) is 7.54. The highest BCUT2D eigenvalue weighted by Gasteiger charge is 2.26. The van der Waals surface area contributed by atoms with E-state index in [1.54, 1.807) is 25.1 Å². The van der Waals surface area contributed by atoms with Gasteiger partial charge in [-0.1, -0.05) is 55.5 Å². The molecule has 0 fully saturated rings. The first-order chi connectivity index (χ1) is 13.5. The number of thioether (sulfide) groups is 1. The Morgan fingerprint density at radius 3 is 2.46 bits per heavy atom. The summed E-state index contributed by atoms with van der Waals surface area (Å²) in [6, 6.07) is 15.6. The number of benzene rings is 2. The van der Waals surface area contributed by atoms with Crippen LogP contribution in [0.4, 0.5) is 4.39 Å². The molecule has 2 aromatic rings. The monoisotopic (exact) mass is 402 g/mol. The van der Waals surface area contributed by atoms with Crippen molar-refractivity contribution in [2.45, 2.75) is 38.6 Å². The Morgan fingerprint density at radius 2 is 1.79 bits per heavy atom. The summed E-state index contributed by atoms with van der Waals surface area (Å²) >= 11 is 1.49. The third-order valence-electron chi connectivity index (χ3n) is 4.35. The van der Waals surface area contributed by atoms with Crippen LogP contribution >= 0.6 is 11.8 Å². The average Bonchev–Trinajstić information content (AvgIpc) is 2.71. The molecule has 150 valence electrons. The number of carbonyl (C=O) groups excluding carboxylic acids is 2. The van der Waals surface area contributed by atoms with Gasteiger partial charge in [0.25, 0.3) is 0 Å². The smallest absolute Gasteiger partial charge is 0.242 e. The van der Waals surface area contributed by atoms with Crippen molar-refractivity contribution in [1.29, 1.82) is 0 Å². The van der Waals surface area contributed by atoms with E-state index in [1.165, 1.54) is 22.7 Å². The first kappa shape index (κ1) is 22.0. The molecular weight excluding hydrogens is 375 g/mol. The number of rotatable bonds is 10. The summed E-state index contributed by atoms with van der Waals surface area (Å²) in [5, 5.41) is 2.82. The topological polar surface area (TPSA) is 49.4 Å². The van der Waals surface area contributed by atoms with Crippen LogP contribution in [0.3, 0.4) is 0 Å². The molecule has 0 aliphatic carbocycles. The van der Waals surface area contributed by atoms with Gasteiger partial charge in [0, 0.05) is 24.4 Å². The van der Waals surface area contributed by atoms with E-state index in [9.17, 15) is 14.0 Å². The second-order valence-electron chi connectivity index (χ2n) is 6.56. The van der Waals surface area contributed by atoms with Crippen LogP contribution in [0.25, 0.3) is 0 Å². The van der Waals surface area contributed by atoms with Crippen molar-refractivity contribution in [3.8, 4) is 0 Å². The van der Waals surface area contributed by atoms with Gasteiger partial charge in [0.05, 0.1) is 5.75 Å². The number of hydrogen-bond donors (Lipinski definition) is 1. The standard InChI is InChI=1S/C22H27FN2O2S/c1-3-13-24-22(27)17(2)25(14-19-11-7-8-12-20(19)23)21(26)16-28-15-18-9-5-4-6-10-18/h4-12,17H,3,13-16H2,1-2H3,(H,24,27)/t17-/m1/s1. The van der Waals surface area contributed by atoms with Crippen LogP contribution < -0.4 is 5.32 Å². The van der Waals surface area contributed by atoms with Crippen molar-refractivity contribution in [1.82, 2.24) is 10.2 Å². The number of carbonyl (C=O) groups is 2. The van der Waals surface area contributed by atoms with Crippen molar-refractivity contribution in [3.63, 3.8) is 0 Å². The van der Waals surface area contributed by atoms with Gasteiger partial charge >= 0.3 is 0 Å². The molecule has 4 nitrogen and oxygen atoms in total. The first-order valence-electron chi connectivity index (χ1n) is 9.45. The molecule has 0 saturated heterocycles. The van der Waals surface area contributed by atoms with E-state index in [2.05, 4.69) is 5.32 Å². The van der Waals surface area contributed by atoms with Crippen molar-refractivity contribution in [3.05, 3.63) is 71.5 Å². The molecule has 0 radical (unpaired) electrons. The molecule has 0 unspecified atom stereocenters. The SMILES string of the molecule is CCCNC(=O)[C@@H](C)N(Cc1ccccc1F)C(=O)CSCc1ccccc1. The largest absolute Gasteiger partial charge is 0.354 e. The number of halogens is 1. The Morgan fingerprint density at radius 1 is 1.11 bits per heavy atom. The predicted molar refractivity (Wildman–Crippen MR) is 112 cm³/mol. The van der Waals surface area contributed by atoms with Crippen LogP contribution in [-0.4, -0.2) is 35.1 Å². The third kappa shape index (κ3) is 6.68. The molecule has 0 aliphatic rings. The molecule has 0 spiro atoms. The lowest BCUT2D eigenvalue weighted by molar-refractivity contribution is -0.138. The molecule has 1 atom stereocenters. The van der Waals surface area contributed by atoms with Crippen molar-refractivity contribution >= 4 is 23.6 Å². The van der Waals surface area contributed by atoms with E-state index in [-0.39, 0.29) is 29.9 Å². The summed E-state index contributed by atoms with van der Waals surface area (Å²) < 4.78 is 14.1. The molecule has 0 bridgehead atoms. The normalized spacial score (nSPS) is 11.7. The predicted octanol–water partition coefficient (Wildman–Crippen LogP) is 4.00. The lowest BCUT2D eigenvalue weighted by Gasteiger charge is -2.29. The van der Waals surface area contributed by atoms with Crippen molar-refractivity contribution < 1.29 is 14.0 Å². The van der Waals surface area contributed by atoms with Crippen LogP contribution in [0.15, 0.2) is 54.6 Å². The molecule has 2 aromatic carbocycles. The van der Waals surface area contributed by atoms with Crippen molar-refractivity contribution in [2.24, 2.45) is 0 Å². The molecular formula is C22H27FN2O2S. The van der Waals surface area contributed by atoms with Crippen LogP contribution in [0, 0.1) is 5.82 Å². The van der Waals surface area contributed by atoms with Crippen LogP contribution in [0.2, 0.25) is 0 Å². The summed E-state index contributed by atoms with van der Waals surface area (Å²) in [5.74, 6) is 0.159. The molecule has 0 aliphatic heterocycles. The fourth-order valence-corrected chi connectivity index (χ4v) is 3.57. The van der Waals surface area contributed by atoms with Gasteiger partial charge in [-0.25, -0.2) is 4.39 Å². The number of amides is 2. The minimum Gasteiger partial charge on any atom is -0.354 e. The summed E-state index contributed by atoms with van der Waals surface area (Å²) in [6.07, 6.45) is 0.812. The summed E-state index contributed by atoms with van der Waals surface area (Å²) in [4.78, 5) is 26.7. The maximum atomic E-state index is 14.1. The van der Waals surface area contributed by atoms with Gasteiger partial charge in [0.2, 0.25) is 11.8 Å². The zero-order valence-electron chi connectivity index (χ0n) is 16.4. The van der Waals surface area contributed by atoms with Gasteiger partial charge in [-0.3, -0.25) is 9.59 Å².